The lowest BCUT2D eigenvalue weighted by atomic mass is 9.67. The van der Waals surface area contributed by atoms with Crippen molar-refractivity contribution in [2.45, 2.75) is 44.6 Å². The number of pyridine rings is 1. The SMILES string of the molecule is CC1(C(=O)NCC23CCC2CCN3C(=O)c2ccc3cccnc3c2)CC1. The third-order valence-electron chi connectivity index (χ3n) is 7.13. The molecular formula is C22H25N3O2. The zero-order valence-electron chi connectivity index (χ0n) is 15.7. The number of carbonyl (C=O) groups is 2. The minimum absolute atomic E-state index is 0.0663. The molecule has 140 valence electrons. The van der Waals surface area contributed by atoms with Crippen LogP contribution in [0.5, 0.6) is 0 Å². The number of hydrogen-bond donors (Lipinski definition) is 1. The standard InChI is InChI=1S/C22H25N3O2/c1-21(9-10-21)20(27)24-14-22-8-6-17(22)7-12-25(22)19(26)16-5-4-15-3-2-11-23-18(15)13-16/h2-5,11,13,17H,6-10,12,14H2,1H3,(H,24,27). The molecule has 5 heteroatoms. The molecule has 3 fully saturated rings. The van der Waals surface area contributed by atoms with Crippen molar-refractivity contribution >= 4 is 22.7 Å². The molecule has 1 N–H and O–H groups in total. The molecule has 2 heterocycles. The first kappa shape index (κ1) is 16.7. The molecule has 1 aliphatic heterocycles. The monoisotopic (exact) mass is 363 g/mol. The Bertz CT molecular complexity index is 936. The highest BCUT2D eigenvalue weighted by Gasteiger charge is 2.57. The average Bonchev–Trinajstić information content (AvgIpc) is 3.38. The maximum Gasteiger partial charge on any atom is 0.254 e. The van der Waals surface area contributed by atoms with Crippen LogP contribution < -0.4 is 5.32 Å². The van der Waals surface area contributed by atoms with E-state index in [0.717, 1.165) is 49.6 Å². The highest BCUT2D eigenvalue weighted by molar-refractivity contribution is 5.98. The summed E-state index contributed by atoms with van der Waals surface area (Å²) in [6, 6.07) is 9.66. The summed E-state index contributed by atoms with van der Waals surface area (Å²) in [5.74, 6) is 0.723. The predicted molar refractivity (Wildman–Crippen MR) is 103 cm³/mol. The van der Waals surface area contributed by atoms with Crippen molar-refractivity contribution in [1.29, 1.82) is 0 Å². The van der Waals surface area contributed by atoms with Crippen LogP contribution in [0.15, 0.2) is 36.5 Å². The Hall–Kier alpha value is -2.43. The Labute approximate surface area is 159 Å². The third kappa shape index (κ3) is 2.55. The van der Waals surface area contributed by atoms with Crippen LogP contribution in [0.25, 0.3) is 10.9 Å². The normalized spacial score (nSPS) is 27.7. The maximum atomic E-state index is 13.3. The predicted octanol–water partition coefficient (Wildman–Crippen LogP) is 3.15. The van der Waals surface area contributed by atoms with Crippen molar-refractivity contribution in [2.75, 3.05) is 13.1 Å². The van der Waals surface area contributed by atoms with Crippen LogP contribution >= 0.6 is 0 Å². The van der Waals surface area contributed by atoms with Crippen molar-refractivity contribution in [3.63, 3.8) is 0 Å². The van der Waals surface area contributed by atoms with Crippen LogP contribution in [-0.4, -0.2) is 40.3 Å². The van der Waals surface area contributed by atoms with Crippen molar-refractivity contribution < 1.29 is 9.59 Å². The maximum absolute atomic E-state index is 13.3. The Morgan fingerprint density at radius 3 is 2.81 bits per heavy atom. The molecule has 2 aliphatic carbocycles. The Morgan fingerprint density at radius 1 is 1.22 bits per heavy atom. The van der Waals surface area contributed by atoms with Crippen LogP contribution in [0.1, 0.15) is 49.4 Å². The zero-order chi connectivity index (χ0) is 18.6. The summed E-state index contributed by atoms with van der Waals surface area (Å²) >= 11 is 0. The summed E-state index contributed by atoms with van der Waals surface area (Å²) in [6.45, 7) is 3.39. The number of nitrogens with one attached hydrogen (secondary N) is 1. The fourth-order valence-corrected chi connectivity index (χ4v) is 4.81. The van der Waals surface area contributed by atoms with E-state index < -0.39 is 0 Å². The highest BCUT2D eigenvalue weighted by Crippen LogP contribution is 2.51. The number of fused-ring (bicyclic) bond motifs is 2. The van der Waals surface area contributed by atoms with Crippen molar-refractivity contribution in [1.82, 2.24) is 15.2 Å². The molecule has 5 nitrogen and oxygen atoms in total. The minimum atomic E-state index is -0.197. The molecular weight excluding hydrogens is 338 g/mol. The molecule has 5 rings (SSSR count). The highest BCUT2D eigenvalue weighted by atomic mass is 16.2. The average molecular weight is 363 g/mol. The number of amides is 2. The van der Waals surface area contributed by atoms with E-state index in [9.17, 15) is 9.59 Å². The number of likely N-dealkylation sites (tertiary alicyclic amines) is 1. The quantitative estimate of drug-likeness (QED) is 0.908. The van der Waals surface area contributed by atoms with E-state index >= 15 is 0 Å². The molecule has 1 aromatic heterocycles. The lowest BCUT2D eigenvalue weighted by molar-refractivity contribution is -0.126. The summed E-state index contributed by atoms with van der Waals surface area (Å²) in [4.78, 5) is 32.2. The van der Waals surface area contributed by atoms with E-state index in [0.29, 0.717) is 18.0 Å². The number of hydrogen-bond acceptors (Lipinski definition) is 3. The van der Waals surface area contributed by atoms with Crippen molar-refractivity contribution in [2.24, 2.45) is 11.3 Å². The van der Waals surface area contributed by atoms with Gasteiger partial charge in [-0.1, -0.05) is 19.1 Å². The smallest absolute Gasteiger partial charge is 0.254 e. The van der Waals surface area contributed by atoms with Gasteiger partial charge in [-0.2, -0.15) is 0 Å². The van der Waals surface area contributed by atoms with Gasteiger partial charge in [-0.15, -0.1) is 0 Å². The Balaban J connectivity index is 1.38. The first-order valence-corrected chi connectivity index (χ1v) is 9.97. The molecule has 2 atom stereocenters. The van der Waals surface area contributed by atoms with Gasteiger partial charge in [0.25, 0.3) is 5.91 Å². The fourth-order valence-electron chi connectivity index (χ4n) is 4.81. The fraction of sp³-hybridized carbons (Fsp3) is 0.500. The molecule has 1 saturated heterocycles. The summed E-state index contributed by atoms with van der Waals surface area (Å²) in [7, 11) is 0. The molecule has 2 unspecified atom stereocenters. The molecule has 2 amide bonds. The third-order valence-corrected chi connectivity index (χ3v) is 7.13. The van der Waals surface area contributed by atoms with Crippen molar-refractivity contribution in [3.8, 4) is 0 Å². The van der Waals surface area contributed by atoms with Crippen LogP contribution in [0, 0.1) is 11.3 Å². The van der Waals surface area contributed by atoms with Gasteiger partial charge in [0.15, 0.2) is 0 Å². The first-order chi connectivity index (χ1) is 13.0. The molecule has 0 spiro atoms. The number of carbonyl (C=O) groups excluding carboxylic acids is 2. The summed E-state index contributed by atoms with van der Waals surface area (Å²) < 4.78 is 0. The molecule has 1 aromatic carbocycles. The van der Waals surface area contributed by atoms with Gasteiger partial charge in [0.2, 0.25) is 5.91 Å². The molecule has 0 bridgehead atoms. The van der Waals surface area contributed by atoms with E-state index in [1.54, 1.807) is 6.20 Å². The second-order valence-electron chi connectivity index (χ2n) is 8.74. The van der Waals surface area contributed by atoms with Crippen LogP contribution in [-0.2, 0) is 4.79 Å². The van der Waals surface area contributed by atoms with E-state index in [4.69, 9.17) is 0 Å². The lowest BCUT2D eigenvalue weighted by Gasteiger charge is -2.50. The second-order valence-corrected chi connectivity index (χ2v) is 8.74. The van der Waals surface area contributed by atoms with Gasteiger partial charge in [-0.3, -0.25) is 14.6 Å². The van der Waals surface area contributed by atoms with Gasteiger partial charge in [-0.25, -0.2) is 0 Å². The molecule has 2 aromatic rings. The van der Waals surface area contributed by atoms with E-state index in [2.05, 4.69) is 10.3 Å². The topological polar surface area (TPSA) is 62.3 Å². The molecule has 2 saturated carbocycles. The minimum Gasteiger partial charge on any atom is -0.353 e. The molecule has 27 heavy (non-hydrogen) atoms. The zero-order valence-corrected chi connectivity index (χ0v) is 15.7. The lowest BCUT2D eigenvalue weighted by Crippen LogP contribution is -2.62. The van der Waals surface area contributed by atoms with Crippen LogP contribution in [0.2, 0.25) is 0 Å². The van der Waals surface area contributed by atoms with Gasteiger partial charge in [0, 0.05) is 35.7 Å². The van der Waals surface area contributed by atoms with Gasteiger partial charge < -0.3 is 10.2 Å². The number of benzene rings is 1. The van der Waals surface area contributed by atoms with E-state index in [1.165, 1.54) is 0 Å². The summed E-state index contributed by atoms with van der Waals surface area (Å²) in [5.41, 5.74) is 1.16. The van der Waals surface area contributed by atoms with Crippen molar-refractivity contribution in [3.05, 3.63) is 42.1 Å². The van der Waals surface area contributed by atoms with Crippen LogP contribution in [0.3, 0.4) is 0 Å². The first-order valence-electron chi connectivity index (χ1n) is 9.97. The molecule has 3 aliphatic rings. The van der Waals surface area contributed by atoms with Gasteiger partial charge in [-0.05, 0) is 56.2 Å². The Kier molecular flexibility index (Phi) is 3.58. The second kappa shape index (κ2) is 5.78. The molecule has 0 radical (unpaired) electrons. The van der Waals surface area contributed by atoms with E-state index in [-0.39, 0.29) is 22.8 Å². The van der Waals surface area contributed by atoms with Gasteiger partial charge >= 0.3 is 0 Å². The summed E-state index contributed by atoms with van der Waals surface area (Å²) in [5, 5.41) is 4.21. The largest absolute Gasteiger partial charge is 0.353 e. The Morgan fingerprint density at radius 2 is 2.07 bits per heavy atom. The van der Waals surface area contributed by atoms with Crippen LogP contribution in [0.4, 0.5) is 0 Å². The van der Waals surface area contributed by atoms with Gasteiger partial charge in [0.05, 0.1) is 11.1 Å². The van der Waals surface area contributed by atoms with E-state index in [1.807, 2.05) is 42.2 Å². The number of rotatable bonds is 4. The summed E-state index contributed by atoms with van der Waals surface area (Å²) in [6.07, 6.45) is 6.86. The number of aromatic nitrogens is 1. The number of nitrogens with zero attached hydrogens (tertiary/aromatic N) is 2. The van der Waals surface area contributed by atoms with Gasteiger partial charge in [0.1, 0.15) is 0 Å².